The maximum Gasteiger partial charge on any atom is 0.269 e. The summed E-state index contributed by atoms with van der Waals surface area (Å²) in [6.07, 6.45) is 7.33. The van der Waals surface area contributed by atoms with E-state index in [1.165, 1.54) is 11.0 Å². The van der Waals surface area contributed by atoms with Crippen LogP contribution in [-0.2, 0) is 4.79 Å². The standard InChI is InChI=1S/C17H24N8O2/c1-17(5-6-17)16(27)18-9-11-3-2-4-12(7-11)20-15(26)13-8-14(22-21-13)25-10-19-23-24-25/h8,10-12H,2-7,9H2,1H3,(H,18,27)(H,20,26)(H,21,22)/t11-,12+/m1/s1. The van der Waals surface area contributed by atoms with E-state index < -0.39 is 0 Å². The molecule has 3 N–H and O–H groups in total. The number of aromatic amines is 1. The van der Waals surface area contributed by atoms with Crippen LogP contribution in [0.4, 0.5) is 0 Å². The number of H-pyrrole nitrogens is 1. The van der Waals surface area contributed by atoms with Gasteiger partial charge in [0.25, 0.3) is 5.91 Å². The van der Waals surface area contributed by atoms with Crippen molar-refractivity contribution in [3.63, 3.8) is 0 Å². The Morgan fingerprint density at radius 3 is 2.96 bits per heavy atom. The van der Waals surface area contributed by atoms with Gasteiger partial charge in [0.1, 0.15) is 12.0 Å². The maximum absolute atomic E-state index is 12.5. The molecular formula is C17H24N8O2. The molecule has 2 aromatic heterocycles. The molecule has 2 saturated carbocycles. The van der Waals surface area contributed by atoms with Gasteiger partial charge >= 0.3 is 0 Å². The largest absolute Gasteiger partial charge is 0.355 e. The number of rotatable bonds is 6. The van der Waals surface area contributed by atoms with E-state index >= 15 is 0 Å². The van der Waals surface area contributed by atoms with Crippen molar-refractivity contribution in [2.75, 3.05) is 6.54 Å². The third-order valence-electron chi connectivity index (χ3n) is 5.61. The van der Waals surface area contributed by atoms with Crippen molar-refractivity contribution >= 4 is 11.8 Å². The van der Waals surface area contributed by atoms with Gasteiger partial charge < -0.3 is 10.6 Å². The Morgan fingerprint density at radius 2 is 2.22 bits per heavy atom. The van der Waals surface area contributed by atoms with Gasteiger partial charge in [0.05, 0.1) is 0 Å². The molecule has 2 aromatic rings. The van der Waals surface area contributed by atoms with Gasteiger partial charge in [0, 0.05) is 24.1 Å². The van der Waals surface area contributed by atoms with Crippen LogP contribution in [0.3, 0.4) is 0 Å². The minimum atomic E-state index is -0.193. The summed E-state index contributed by atoms with van der Waals surface area (Å²) < 4.78 is 1.38. The summed E-state index contributed by atoms with van der Waals surface area (Å²) in [5, 5.41) is 23.8. The molecule has 10 nitrogen and oxygen atoms in total. The van der Waals surface area contributed by atoms with Crippen molar-refractivity contribution in [2.45, 2.75) is 51.5 Å². The van der Waals surface area contributed by atoms with Gasteiger partial charge in [-0.1, -0.05) is 13.3 Å². The summed E-state index contributed by atoms with van der Waals surface area (Å²) in [7, 11) is 0. The van der Waals surface area contributed by atoms with Gasteiger partial charge in [-0.15, -0.1) is 5.10 Å². The normalized spacial score (nSPS) is 23.6. The van der Waals surface area contributed by atoms with Crippen molar-refractivity contribution in [3.8, 4) is 5.82 Å². The Balaban J connectivity index is 1.28. The lowest BCUT2D eigenvalue weighted by Crippen LogP contribution is -2.42. The highest BCUT2D eigenvalue weighted by atomic mass is 16.2. The van der Waals surface area contributed by atoms with E-state index in [2.05, 4.69) is 36.4 Å². The Hall–Kier alpha value is -2.78. The summed E-state index contributed by atoms with van der Waals surface area (Å²) in [5.74, 6) is 0.833. The van der Waals surface area contributed by atoms with Crippen LogP contribution in [-0.4, -0.2) is 54.8 Å². The first-order valence-electron chi connectivity index (χ1n) is 9.41. The zero-order valence-electron chi connectivity index (χ0n) is 15.3. The average Bonchev–Trinajstić information content (AvgIpc) is 3.10. The molecule has 0 unspecified atom stereocenters. The molecule has 0 aromatic carbocycles. The van der Waals surface area contributed by atoms with Gasteiger partial charge in [0.15, 0.2) is 5.82 Å². The maximum atomic E-state index is 12.5. The van der Waals surface area contributed by atoms with Crippen molar-refractivity contribution in [1.82, 2.24) is 41.0 Å². The summed E-state index contributed by atoms with van der Waals surface area (Å²) in [6, 6.07) is 1.71. The molecular weight excluding hydrogens is 348 g/mol. The molecule has 2 atom stereocenters. The zero-order valence-corrected chi connectivity index (χ0v) is 15.3. The second kappa shape index (κ2) is 7.09. The topological polar surface area (TPSA) is 130 Å². The smallest absolute Gasteiger partial charge is 0.269 e. The van der Waals surface area contributed by atoms with Gasteiger partial charge in [-0.05, 0) is 48.4 Å². The number of nitrogens with one attached hydrogen (secondary N) is 3. The minimum absolute atomic E-state index is 0.101. The third kappa shape index (κ3) is 3.99. The summed E-state index contributed by atoms with van der Waals surface area (Å²) in [4.78, 5) is 24.6. The average molecular weight is 372 g/mol. The Morgan fingerprint density at radius 1 is 1.37 bits per heavy atom. The number of hydrogen-bond donors (Lipinski definition) is 3. The number of nitrogens with zero attached hydrogens (tertiary/aromatic N) is 5. The van der Waals surface area contributed by atoms with E-state index in [0.29, 0.717) is 24.0 Å². The van der Waals surface area contributed by atoms with Crippen LogP contribution >= 0.6 is 0 Å². The second-order valence-electron chi connectivity index (χ2n) is 7.87. The number of tetrazole rings is 1. The molecule has 10 heteroatoms. The number of carbonyl (C=O) groups is 2. The number of aromatic nitrogens is 6. The third-order valence-corrected chi connectivity index (χ3v) is 5.61. The van der Waals surface area contributed by atoms with E-state index in [4.69, 9.17) is 0 Å². The molecule has 2 aliphatic rings. The molecule has 0 radical (unpaired) electrons. The Bertz CT molecular complexity index is 811. The first kappa shape index (κ1) is 17.6. The molecule has 0 spiro atoms. The predicted octanol–water partition coefficient (Wildman–Crippen LogP) is 0.590. The summed E-state index contributed by atoms with van der Waals surface area (Å²) in [6.45, 7) is 2.70. The SMILES string of the molecule is CC1(C(=O)NC[C@@H]2CCC[C@H](NC(=O)c3cc(-n4cnnn4)n[nH]3)C2)CC1. The Labute approximate surface area is 156 Å². The molecule has 0 bridgehead atoms. The summed E-state index contributed by atoms with van der Waals surface area (Å²) in [5.41, 5.74) is 0.234. The fraction of sp³-hybridized carbons (Fsp3) is 0.647. The minimum Gasteiger partial charge on any atom is -0.355 e. The highest BCUT2D eigenvalue weighted by Gasteiger charge is 2.44. The van der Waals surface area contributed by atoms with E-state index in [0.717, 1.165) is 38.5 Å². The predicted molar refractivity (Wildman–Crippen MR) is 94.9 cm³/mol. The number of carbonyl (C=O) groups excluding carboxylic acids is 2. The molecule has 0 aliphatic heterocycles. The molecule has 144 valence electrons. The van der Waals surface area contributed by atoms with Crippen molar-refractivity contribution in [2.24, 2.45) is 11.3 Å². The Kier molecular flexibility index (Phi) is 4.63. The van der Waals surface area contributed by atoms with E-state index in [1.54, 1.807) is 6.07 Å². The summed E-state index contributed by atoms with van der Waals surface area (Å²) >= 11 is 0. The lowest BCUT2D eigenvalue weighted by Gasteiger charge is -2.30. The van der Waals surface area contributed by atoms with E-state index in [1.807, 2.05) is 6.92 Å². The van der Waals surface area contributed by atoms with Gasteiger partial charge in [-0.3, -0.25) is 14.7 Å². The van der Waals surface area contributed by atoms with Gasteiger partial charge in [-0.2, -0.15) is 9.78 Å². The quantitative estimate of drug-likeness (QED) is 0.680. The van der Waals surface area contributed by atoms with Crippen LogP contribution in [0.1, 0.15) is 55.9 Å². The van der Waals surface area contributed by atoms with Gasteiger partial charge in [-0.25, -0.2) is 0 Å². The lowest BCUT2D eigenvalue weighted by molar-refractivity contribution is -0.126. The molecule has 2 heterocycles. The van der Waals surface area contributed by atoms with E-state index in [9.17, 15) is 9.59 Å². The monoisotopic (exact) mass is 372 g/mol. The number of amides is 2. The fourth-order valence-electron chi connectivity index (χ4n) is 3.55. The van der Waals surface area contributed by atoms with Crippen LogP contribution in [0.25, 0.3) is 5.82 Å². The van der Waals surface area contributed by atoms with Crippen LogP contribution in [0.5, 0.6) is 0 Å². The van der Waals surface area contributed by atoms with Crippen molar-refractivity contribution < 1.29 is 9.59 Å². The van der Waals surface area contributed by atoms with Crippen LogP contribution in [0.2, 0.25) is 0 Å². The second-order valence-corrected chi connectivity index (χ2v) is 7.87. The molecule has 27 heavy (non-hydrogen) atoms. The molecule has 0 saturated heterocycles. The lowest BCUT2D eigenvalue weighted by atomic mass is 9.85. The molecule has 2 fully saturated rings. The zero-order chi connectivity index (χ0) is 18.9. The van der Waals surface area contributed by atoms with Crippen molar-refractivity contribution in [3.05, 3.63) is 18.1 Å². The molecule has 2 aliphatic carbocycles. The molecule has 2 amide bonds. The number of hydrogen-bond acceptors (Lipinski definition) is 6. The van der Waals surface area contributed by atoms with Crippen LogP contribution in [0, 0.1) is 11.3 Å². The van der Waals surface area contributed by atoms with Crippen molar-refractivity contribution in [1.29, 1.82) is 0 Å². The van der Waals surface area contributed by atoms with E-state index in [-0.39, 0.29) is 23.3 Å². The highest BCUT2D eigenvalue weighted by Crippen LogP contribution is 2.45. The highest BCUT2D eigenvalue weighted by molar-refractivity contribution is 5.92. The first-order valence-corrected chi connectivity index (χ1v) is 9.41. The van der Waals surface area contributed by atoms with Gasteiger partial charge in [0.2, 0.25) is 5.91 Å². The van der Waals surface area contributed by atoms with Crippen LogP contribution in [0.15, 0.2) is 12.4 Å². The molecule has 4 rings (SSSR count). The first-order chi connectivity index (χ1) is 13.0. The fourth-order valence-corrected chi connectivity index (χ4v) is 3.55. The van der Waals surface area contributed by atoms with Crippen LogP contribution < -0.4 is 10.6 Å².